The topological polar surface area (TPSA) is 120 Å². The quantitative estimate of drug-likeness (QED) is 0.197. The number of unbranched alkanes of at least 4 members (excludes halogenated alkanes) is 5. The first-order valence-corrected chi connectivity index (χ1v) is 14.1. The Morgan fingerprint density at radius 1 is 0.917 bits per heavy atom. The minimum absolute atomic E-state index is 0.0176. The molecule has 2 N–H and O–H groups in total. The minimum atomic E-state index is -3.81. The molecule has 10 heteroatoms. The number of aryl methyl sites for hydroxylation is 2. The van der Waals surface area contributed by atoms with Crippen molar-refractivity contribution in [1.82, 2.24) is 14.1 Å². The van der Waals surface area contributed by atoms with Gasteiger partial charge in [-0.25, -0.2) is 13.1 Å². The summed E-state index contributed by atoms with van der Waals surface area (Å²) in [4.78, 5) is 0.0176. The molecular weight excluding hydrogens is 478 g/mol. The molecule has 0 saturated carbocycles. The van der Waals surface area contributed by atoms with E-state index in [4.69, 9.17) is 0 Å². The Kier molecular flexibility index (Phi) is 9.44. The molecule has 0 amide bonds. The minimum Gasteiger partial charge on any atom is -0.506 e. The van der Waals surface area contributed by atoms with Crippen molar-refractivity contribution >= 4 is 32.2 Å². The van der Waals surface area contributed by atoms with Crippen LogP contribution in [0, 0.1) is 6.92 Å². The Labute approximate surface area is 213 Å². The highest BCUT2D eigenvalue weighted by molar-refractivity contribution is 7.89. The Bertz CT molecular complexity index is 1310. The Morgan fingerprint density at radius 2 is 1.53 bits per heavy atom. The fourth-order valence-corrected chi connectivity index (χ4v) is 5.98. The number of fused-ring (bicyclic) bond motifs is 1. The number of nitrogens with zero attached hydrogens (tertiary/aromatic N) is 5. The lowest BCUT2D eigenvalue weighted by Crippen LogP contribution is -2.30. The third kappa shape index (κ3) is 5.87. The predicted octanol–water partition coefficient (Wildman–Crippen LogP) is 6.56. The van der Waals surface area contributed by atoms with Crippen LogP contribution in [-0.2, 0) is 16.6 Å². The number of hydrogen-bond acceptors (Lipinski definition) is 7. The first-order chi connectivity index (χ1) is 17.3. The lowest BCUT2D eigenvalue weighted by Gasteiger charge is -2.20. The van der Waals surface area contributed by atoms with Crippen molar-refractivity contribution in [3.63, 3.8) is 0 Å². The van der Waals surface area contributed by atoms with Crippen LogP contribution in [0.5, 0.6) is 11.6 Å². The van der Waals surface area contributed by atoms with Gasteiger partial charge >= 0.3 is 0 Å². The first-order valence-electron chi connectivity index (χ1n) is 12.7. The summed E-state index contributed by atoms with van der Waals surface area (Å²) in [5.41, 5.74) is 0.877. The molecular formula is C26H37N5O4S. The molecule has 9 nitrogen and oxygen atoms in total. The molecule has 3 aromatic rings. The van der Waals surface area contributed by atoms with Crippen LogP contribution in [0.3, 0.4) is 0 Å². The molecule has 0 aliphatic carbocycles. The summed E-state index contributed by atoms with van der Waals surface area (Å²) in [7, 11) is -3.81. The van der Waals surface area contributed by atoms with Crippen LogP contribution in [0.2, 0.25) is 0 Å². The molecule has 2 aromatic carbocycles. The molecule has 3 rings (SSSR count). The lowest BCUT2D eigenvalue weighted by atomic mass is 10.1. The summed E-state index contributed by atoms with van der Waals surface area (Å²) >= 11 is 0. The number of sulfonamides is 1. The van der Waals surface area contributed by atoms with E-state index in [1.807, 2.05) is 0 Å². The average Bonchev–Trinajstić information content (AvgIpc) is 3.13. The Morgan fingerprint density at radius 3 is 2.19 bits per heavy atom. The van der Waals surface area contributed by atoms with Crippen molar-refractivity contribution in [3.8, 4) is 11.6 Å². The van der Waals surface area contributed by atoms with Crippen LogP contribution in [0.4, 0.5) is 11.4 Å². The van der Waals surface area contributed by atoms with Gasteiger partial charge in [0.2, 0.25) is 15.9 Å². The average molecular weight is 516 g/mol. The van der Waals surface area contributed by atoms with Crippen molar-refractivity contribution in [3.05, 3.63) is 36.0 Å². The third-order valence-corrected chi connectivity index (χ3v) is 8.41. The number of hydrogen-bond donors (Lipinski definition) is 2. The van der Waals surface area contributed by atoms with Gasteiger partial charge < -0.3 is 10.2 Å². The SMILES string of the molecule is CCCCCCCCn1nc(C)c(/N=N/c2c(O)cc(S(=O)(=O)N(CC)CC)c3ccccc23)c1O. The van der Waals surface area contributed by atoms with E-state index in [0.29, 0.717) is 36.1 Å². The zero-order valence-electron chi connectivity index (χ0n) is 21.6. The van der Waals surface area contributed by atoms with E-state index < -0.39 is 10.0 Å². The maximum atomic E-state index is 13.2. The van der Waals surface area contributed by atoms with Gasteiger partial charge in [-0.1, -0.05) is 77.1 Å². The van der Waals surface area contributed by atoms with Crippen molar-refractivity contribution in [2.45, 2.75) is 77.7 Å². The summed E-state index contributed by atoms with van der Waals surface area (Å²) in [6.45, 7) is 8.68. The number of phenols is 1. The standard InChI is InChI=1S/C26H37N5O4S/c1-5-8-9-10-11-14-17-31-26(33)24(19(4)29-31)27-28-25-21-16-13-12-15-20(21)23(18-22(25)32)36(34,35)30(6-2)7-3/h12-13,15-16,18,32-33H,5-11,14,17H2,1-4H3/b28-27+. The lowest BCUT2D eigenvalue weighted by molar-refractivity contribution is 0.390. The highest BCUT2D eigenvalue weighted by Crippen LogP contribution is 2.41. The van der Waals surface area contributed by atoms with Gasteiger partial charge in [0.25, 0.3) is 0 Å². The summed E-state index contributed by atoms with van der Waals surface area (Å²) in [5, 5.41) is 35.2. The van der Waals surface area contributed by atoms with Crippen LogP contribution in [0.15, 0.2) is 45.5 Å². The van der Waals surface area contributed by atoms with Gasteiger partial charge in [-0.15, -0.1) is 10.2 Å². The summed E-state index contributed by atoms with van der Waals surface area (Å²) in [5.74, 6) is -0.380. The van der Waals surface area contributed by atoms with E-state index in [0.717, 1.165) is 19.3 Å². The van der Waals surface area contributed by atoms with Crippen LogP contribution < -0.4 is 0 Å². The molecule has 1 heterocycles. The number of azo groups is 1. The molecule has 0 spiro atoms. The van der Waals surface area contributed by atoms with Gasteiger partial charge in [0.1, 0.15) is 11.4 Å². The van der Waals surface area contributed by atoms with Crippen LogP contribution in [0.25, 0.3) is 10.8 Å². The highest BCUT2D eigenvalue weighted by Gasteiger charge is 2.26. The molecule has 0 aliphatic heterocycles. The molecule has 0 unspecified atom stereocenters. The number of benzene rings is 2. The Balaban J connectivity index is 1.93. The molecule has 0 bridgehead atoms. The number of phenolic OH excluding ortho intramolecular Hbond substituents is 1. The zero-order valence-corrected chi connectivity index (χ0v) is 22.4. The summed E-state index contributed by atoms with van der Waals surface area (Å²) in [6.07, 6.45) is 6.79. The maximum Gasteiger partial charge on any atom is 0.243 e. The van der Waals surface area contributed by atoms with Gasteiger partial charge in [0.05, 0.1) is 10.6 Å². The van der Waals surface area contributed by atoms with Gasteiger partial charge in [-0.05, 0) is 13.3 Å². The maximum absolute atomic E-state index is 13.2. The molecule has 36 heavy (non-hydrogen) atoms. The third-order valence-electron chi connectivity index (χ3n) is 6.32. The van der Waals surface area contributed by atoms with E-state index in [-0.39, 0.29) is 27.9 Å². The van der Waals surface area contributed by atoms with Crippen molar-refractivity contribution in [2.75, 3.05) is 13.1 Å². The molecule has 1 aromatic heterocycles. The van der Waals surface area contributed by atoms with E-state index in [1.165, 1.54) is 34.3 Å². The van der Waals surface area contributed by atoms with Crippen LogP contribution >= 0.6 is 0 Å². The van der Waals surface area contributed by atoms with Gasteiger partial charge in [0.15, 0.2) is 5.69 Å². The second-order valence-corrected chi connectivity index (χ2v) is 10.7. The molecule has 196 valence electrons. The fraction of sp³-hybridized carbons (Fsp3) is 0.500. The molecule has 0 radical (unpaired) electrons. The largest absolute Gasteiger partial charge is 0.506 e. The number of aromatic nitrogens is 2. The monoisotopic (exact) mass is 515 g/mol. The van der Waals surface area contributed by atoms with Crippen molar-refractivity contribution in [2.24, 2.45) is 10.2 Å². The molecule has 0 saturated heterocycles. The second-order valence-electron chi connectivity index (χ2n) is 8.83. The molecule has 0 fully saturated rings. The normalized spacial score (nSPS) is 12.4. The summed E-state index contributed by atoms with van der Waals surface area (Å²) in [6, 6.07) is 8.09. The molecule has 0 aliphatic rings. The smallest absolute Gasteiger partial charge is 0.243 e. The fourth-order valence-electron chi connectivity index (χ4n) is 4.31. The van der Waals surface area contributed by atoms with Gasteiger partial charge in [-0.2, -0.15) is 9.40 Å². The predicted molar refractivity (Wildman–Crippen MR) is 142 cm³/mol. The second kappa shape index (κ2) is 12.3. The summed E-state index contributed by atoms with van der Waals surface area (Å²) < 4.78 is 29.3. The van der Waals surface area contributed by atoms with Gasteiger partial charge in [0, 0.05) is 36.5 Å². The van der Waals surface area contributed by atoms with E-state index >= 15 is 0 Å². The van der Waals surface area contributed by atoms with Crippen molar-refractivity contribution in [1.29, 1.82) is 0 Å². The van der Waals surface area contributed by atoms with E-state index in [9.17, 15) is 18.6 Å². The van der Waals surface area contributed by atoms with Crippen LogP contribution in [0.1, 0.15) is 65.0 Å². The molecule has 0 atom stereocenters. The first kappa shape index (κ1) is 27.6. The van der Waals surface area contributed by atoms with E-state index in [2.05, 4.69) is 22.3 Å². The van der Waals surface area contributed by atoms with Crippen molar-refractivity contribution < 1.29 is 18.6 Å². The highest BCUT2D eigenvalue weighted by atomic mass is 32.2. The van der Waals surface area contributed by atoms with Gasteiger partial charge in [-0.3, -0.25) is 0 Å². The Hall–Kier alpha value is -2.98. The van der Waals surface area contributed by atoms with Crippen LogP contribution in [-0.4, -0.2) is 45.8 Å². The van der Waals surface area contributed by atoms with E-state index in [1.54, 1.807) is 45.0 Å². The zero-order chi connectivity index (χ0) is 26.3. The number of rotatable bonds is 13. The number of aromatic hydroxyl groups is 2.